The molecule has 2 rings (SSSR count). The number of rotatable bonds is 5. The van der Waals surface area contributed by atoms with Gasteiger partial charge in [0.2, 0.25) is 5.91 Å². The lowest BCUT2D eigenvalue weighted by Gasteiger charge is -2.28. The van der Waals surface area contributed by atoms with Crippen LogP contribution in [0.3, 0.4) is 0 Å². The van der Waals surface area contributed by atoms with Gasteiger partial charge in [0.25, 0.3) is 5.91 Å². The first-order chi connectivity index (χ1) is 9.66. The molecule has 1 saturated carbocycles. The van der Waals surface area contributed by atoms with Crippen molar-refractivity contribution in [3.63, 3.8) is 0 Å². The zero-order valence-corrected chi connectivity index (χ0v) is 11.3. The fraction of sp³-hybridized carbons (Fsp3) is 0.571. The number of nitrogens with one attached hydrogen (secondary N) is 2. The van der Waals surface area contributed by atoms with Gasteiger partial charge in [-0.05, 0) is 18.9 Å². The molecule has 1 aliphatic carbocycles. The third-order valence-corrected chi connectivity index (χ3v) is 3.50. The first-order valence-corrected chi connectivity index (χ1v) is 6.94. The Bertz CT molecular complexity index is 444. The molecule has 0 saturated heterocycles. The van der Waals surface area contributed by atoms with Crippen LogP contribution in [0.5, 0.6) is 0 Å². The maximum atomic E-state index is 11.7. The Morgan fingerprint density at radius 1 is 1.35 bits per heavy atom. The summed E-state index contributed by atoms with van der Waals surface area (Å²) < 4.78 is 4.81. The third kappa shape index (κ3) is 4.09. The Morgan fingerprint density at radius 3 is 2.85 bits per heavy atom. The molecule has 0 radical (unpaired) electrons. The quantitative estimate of drug-likeness (QED) is 0.744. The van der Waals surface area contributed by atoms with Crippen LogP contribution < -0.4 is 10.6 Å². The number of aliphatic hydroxyl groups excluding tert-OH is 1. The molecule has 1 heterocycles. The van der Waals surface area contributed by atoms with Crippen molar-refractivity contribution in [3.8, 4) is 0 Å². The number of amides is 2. The van der Waals surface area contributed by atoms with Crippen LogP contribution in [-0.2, 0) is 4.79 Å². The molecule has 1 aromatic rings. The van der Waals surface area contributed by atoms with Crippen molar-refractivity contribution in [2.24, 2.45) is 0 Å². The monoisotopic (exact) mass is 280 g/mol. The van der Waals surface area contributed by atoms with Gasteiger partial charge in [0.15, 0.2) is 0 Å². The first-order valence-electron chi connectivity index (χ1n) is 6.94. The van der Waals surface area contributed by atoms with Crippen molar-refractivity contribution in [2.75, 3.05) is 6.54 Å². The van der Waals surface area contributed by atoms with Gasteiger partial charge in [0, 0.05) is 13.0 Å². The largest absolute Gasteiger partial charge is 0.472 e. The molecule has 1 aliphatic rings. The van der Waals surface area contributed by atoms with Crippen LogP contribution in [0, 0.1) is 0 Å². The van der Waals surface area contributed by atoms with E-state index in [1.165, 1.54) is 12.5 Å². The lowest BCUT2D eigenvalue weighted by atomic mass is 9.92. The Morgan fingerprint density at radius 2 is 2.15 bits per heavy atom. The molecule has 2 unspecified atom stereocenters. The minimum atomic E-state index is -0.451. The number of carbonyl (C=O) groups is 2. The van der Waals surface area contributed by atoms with E-state index >= 15 is 0 Å². The number of hydrogen-bond donors (Lipinski definition) is 3. The fourth-order valence-corrected chi connectivity index (χ4v) is 2.34. The van der Waals surface area contributed by atoms with Crippen LogP contribution in [0.1, 0.15) is 42.5 Å². The van der Waals surface area contributed by atoms with Crippen LogP contribution in [0.2, 0.25) is 0 Å². The predicted molar refractivity (Wildman–Crippen MR) is 72.1 cm³/mol. The molecular weight excluding hydrogens is 260 g/mol. The molecule has 110 valence electrons. The summed E-state index contributed by atoms with van der Waals surface area (Å²) in [7, 11) is 0. The van der Waals surface area contributed by atoms with Gasteiger partial charge in [0.1, 0.15) is 6.26 Å². The van der Waals surface area contributed by atoms with Crippen molar-refractivity contribution in [3.05, 3.63) is 24.2 Å². The van der Waals surface area contributed by atoms with E-state index in [2.05, 4.69) is 10.6 Å². The molecule has 2 atom stereocenters. The minimum Gasteiger partial charge on any atom is -0.472 e. The molecule has 6 nitrogen and oxygen atoms in total. The molecule has 2 amide bonds. The van der Waals surface area contributed by atoms with E-state index in [4.69, 9.17) is 4.42 Å². The van der Waals surface area contributed by atoms with Crippen molar-refractivity contribution < 1.29 is 19.1 Å². The standard InChI is InChI=1S/C14H20N2O4/c17-12-4-2-1-3-11(12)16-13(18)5-7-15-14(19)10-6-8-20-9-10/h6,8-9,11-12,17H,1-5,7H2,(H,15,19)(H,16,18). The molecule has 6 heteroatoms. The van der Waals surface area contributed by atoms with Crippen molar-refractivity contribution >= 4 is 11.8 Å². The lowest BCUT2D eigenvalue weighted by Crippen LogP contribution is -2.45. The first kappa shape index (κ1) is 14.6. The van der Waals surface area contributed by atoms with E-state index in [1.807, 2.05) is 0 Å². The van der Waals surface area contributed by atoms with E-state index in [9.17, 15) is 14.7 Å². The second kappa shape index (κ2) is 7.09. The van der Waals surface area contributed by atoms with Gasteiger partial charge < -0.3 is 20.2 Å². The third-order valence-electron chi connectivity index (χ3n) is 3.50. The highest BCUT2D eigenvalue weighted by molar-refractivity contribution is 5.94. The zero-order valence-electron chi connectivity index (χ0n) is 11.3. The molecule has 0 aliphatic heterocycles. The molecule has 1 fully saturated rings. The minimum absolute atomic E-state index is 0.150. The summed E-state index contributed by atoms with van der Waals surface area (Å²) in [5, 5.41) is 15.2. The maximum absolute atomic E-state index is 11.7. The molecule has 0 aromatic carbocycles. The Hall–Kier alpha value is -1.82. The molecule has 20 heavy (non-hydrogen) atoms. The number of carbonyl (C=O) groups excluding carboxylic acids is 2. The van der Waals surface area contributed by atoms with Crippen molar-refractivity contribution in [1.82, 2.24) is 10.6 Å². The average molecular weight is 280 g/mol. The van der Waals surface area contributed by atoms with Crippen molar-refractivity contribution in [2.45, 2.75) is 44.2 Å². The molecular formula is C14H20N2O4. The Kier molecular flexibility index (Phi) is 5.17. The lowest BCUT2D eigenvalue weighted by molar-refractivity contribution is -0.122. The SMILES string of the molecule is O=C(CCNC(=O)c1ccoc1)NC1CCCCC1O. The predicted octanol–water partition coefficient (Wildman–Crippen LogP) is 0.819. The molecule has 0 bridgehead atoms. The second-order valence-electron chi connectivity index (χ2n) is 5.04. The van der Waals surface area contributed by atoms with Crippen LogP contribution in [0.4, 0.5) is 0 Å². The summed E-state index contributed by atoms with van der Waals surface area (Å²) in [4.78, 5) is 23.3. The van der Waals surface area contributed by atoms with Gasteiger partial charge in [-0.15, -0.1) is 0 Å². The number of furan rings is 1. The average Bonchev–Trinajstić information content (AvgIpc) is 2.95. The van der Waals surface area contributed by atoms with Gasteiger partial charge in [0.05, 0.1) is 24.0 Å². The topological polar surface area (TPSA) is 91.6 Å². The van der Waals surface area contributed by atoms with E-state index in [0.29, 0.717) is 5.56 Å². The van der Waals surface area contributed by atoms with Gasteiger partial charge in [-0.2, -0.15) is 0 Å². The van der Waals surface area contributed by atoms with Gasteiger partial charge in [-0.3, -0.25) is 9.59 Å². The summed E-state index contributed by atoms with van der Waals surface area (Å²) >= 11 is 0. The summed E-state index contributed by atoms with van der Waals surface area (Å²) in [6.45, 7) is 0.263. The van der Waals surface area contributed by atoms with E-state index in [1.54, 1.807) is 6.07 Å². The second-order valence-corrected chi connectivity index (χ2v) is 5.04. The van der Waals surface area contributed by atoms with Gasteiger partial charge in [-0.25, -0.2) is 0 Å². The van der Waals surface area contributed by atoms with E-state index < -0.39 is 6.10 Å². The highest BCUT2D eigenvalue weighted by Gasteiger charge is 2.24. The van der Waals surface area contributed by atoms with E-state index in [-0.39, 0.29) is 30.8 Å². The van der Waals surface area contributed by atoms with Crippen LogP contribution >= 0.6 is 0 Å². The summed E-state index contributed by atoms with van der Waals surface area (Å²) in [6, 6.07) is 1.41. The maximum Gasteiger partial charge on any atom is 0.254 e. The normalized spacial score (nSPS) is 22.2. The van der Waals surface area contributed by atoms with Crippen molar-refractivity contribution in [1.29, 1.82) is 0 Å². The van der Waals surface area contributed by atoms with Crippen LogP contribution in [-0.4, -0.2) is 35.6 Å². The highest BCUT2D eigenvalue weighted by atomic mass is 16.3. The molecule has 0 spiro atoms. The van der Waals surface area contributed by atoms with Gasteiger partial charge in [-0.1, -0.05) is 12.8 Å². The zero-order chi connectivity index (χ0) is 14.4. The highest BCUT2D eigenvalue weighted by Crippen LogP contribution is 2.18. The Labute approximate surface area is 117 Å². The number of aliphatic hydroxyl groups is 1. The summed E-state index contributed by atoms with van der Waals surface area (Å²) in [5.41, 5.74) is 0.438. The smallest absolute Gasteiger partial charge is 0.254 e. The van der Waals surface area contributed by atoms with Gasteiger partial charge >= 0.3 is 0 Å². The Balaban J connectivity index is 1.66. The van der Waals surface area contributed by atoms with Crippen LogP contribution in [0.25, 0.3) is 0 Å². The van der Waals surface area contributed by atoms with Crippen LogP contribution in [0.15, 0.2) is 23.0 Å². The molecule has 3 N–H and O–H groups in total. The molecule has 1 aromatic heterocycles. The fourth-order valence-electron chi connectivity index (χ4n) is 2.34. The summed E-state index contributed by atoms with van der Waals surface area (Å²) in [5.74, 6) is -0.410. The number of hydrogen-bond acceptors (Lipinski definition) is 4. The van der Waals surface area contributed by atoms with E-state index in [0.717, 1.165) is 25.7 Å². The summed E-state index contributed by atoms with van der Waals surface area (Å²) in [6.07, 6.45) is 6.12.